The molecule has 0 spiro atoms. The topological polar surface area (TPSA) is 105 Å². The predicted molar refractivity (Wildman–Crippen MR) is 91.2 cm³/mol. The molecular weight excluding hydrogens is 320 g/mol. The van der Waals surface area contributed by atoms with Crippen molar-refractivity contribution in [3.05, 3.63) is 70.5 Å². The first-order valence-corrected chi connectivity index (χ1v) is 7.73. The third-order valence-corrected chi connectivity index (χ3v) is 3.99. The van der Waals surface area contributed by atoms with Crippen LogP contribution >= 0.6 is 0 Å². The molecule has 1 atom stereocenters. The van der Waals surface area contributed by atoms with Crippen LogP contribution in [0, 0.1) is 0 Å². The first-order chi connectivity index (χ1) is 12.1. The lowest BCUT2D eigenvalue weighted by atomic mass is 10.1. The predicted octanol–water partition coefficient (Wildman–Crippen LogP) is 1.46. The van der Waals surface area contributed by atoms with Crippen LogP contribution in [0.5, 0.6) is 0 Å². The molecule has 0 radical (unpaired) electrons. The minimum atomic E-state index is -0.396. The number of fused-ring (bicyclic) bond motifs is 2. The molecule has 1 aromatic carbocycles. The highest BCUT2D eigenvalue weighted by atomic mass is 16.2. The zero-order valence-corrected chi connectivity index (χ0v) is 13.3. The number of hydrogen-bond donors (Lipinski definition) is 2. The fraction of sp³-hybridized carbons (Fsp3) is 0.118. The van der Waals surface area contributed by atoms with Crippen molar-refractivity contribution < 1.29 is 4.79 Å². The highest BCUT2D eigenvalue weighted by Gasteiger charge is 2.19. The van der Waals surface area contributed by atoms with Crippen LogP contribution < -0.4 is 10.9 Å². The van der Waals surface area contributed by atoms with E-state index in [0.717, 1.165) is 0 Å². The number of benzene rings is 1. The third-order valence-electron chi connectivity index (χ3n) is 3.99. The molecule has 0 aliphatic carbocycles. The van der Waals surface area contributed by atoms with Crippen LogP contribution in [0.2, 0.25) is 0 Å². The zero-order valence-electron chi connectivity index (χ0n) is 13.3. The van der Waals surface area contributed by atoms with Gasteiger partial charge in [0.2, 0.25) is 0 Å². The number of aromatic nitrogens is 5. The monoisotopic (exact) mass is 334 g/mol. The van der Waals surface area contributed by atoms with E-state index in [0.29, 0.717) is 22.2 Å². The largest absolute Gasteiger partial charge is 0.341 e. The second-order valence-corrected chi connectivity index (χ2v) is 5.63. The van der Waals surface area contributed by atoms with Gasteiger partial charge in [0.15, 0.2) is 17.2 Å². The van der Waals surface area contributed by atoms with Crippen molar-refractivity contribution in [1.82, 2.24) is 30.1 Å². The van der Waals surface area contributed by atoms with Crippen LogP contribution in [0.15, 0.2) is 53.5 Å². The second-order valence-electron chi connectivity index (χ2n) is 5.63. The standard InChI is InChI=1S/C17H14N6O2/c1-10(15-21-19-13-8-4-5-9-23(13)15)18-17(25)14-11-6-2-3-7-12(11)16(24)22-20-14/h2-10H,1H3,(H,18,25)(H,22,24)/t10-/m0/s1. The van der Waals surface area contributed by atoms with Crippen molar-refractivity contribution >= 4 is 22.3 Å². The van der Waals surface area contributed by atoms with E-state index in [-0.39, 0.29) is 11.3 Å². The molecule has 0 bridgehead atoms. The molecule has 0 aliphatic rings. The van der Waals surface area contributed by atoms with Crippen molar-refractivity contribution in [2.45, 2.75) is 13.0 Å². The lowest BCUT2D eigenvalue weighted by molar-refractivity contribution is 0.0934. The summed E-state index contributed by atoms with van der Waals surface area (Å²) in [4.78, 5) is 24.5. The van der Waals surface area contributed by atoms with E-state index in [2.05, 4.69) is 25.7 Å². The lowest BCUT2D eigenvalue weighted by Crippen LogP contribution is -2.30. The first kappa shape index (κ1) is 15.0. The van der Waals surface area contributed by atoms with E-state index in [1.807, 2.05) is 35.7 Å². The molecule has 2 N–H and O–H groups in total. The molecule has 25 heavy (non-hydrogen) atoms. The molecule has 4 aromatic rings. The second kappa shape index (κ2) is 5.82. The summed E-state index contributed by atoms with van der Waals surface area (Å²) >= 11 is 0. The van der Waals surface area contributed by atoms with Crippen LogP contribution in [0.3, 0.4) is 0 Å². The van der Waals surface area contributed by atoms with E-state index in [1.165, 1.54) is 0 Å². The lowest BCUT2D eigenvalue weighted by Gasteiger charge is -2.12. The average Bonchev–Trinajstić information content (AvgIpc) is 3.06. The van der Waals surface area contributed by atoms with Crippen molar-refractivity contribution in [3.63, 3.8) is 0 Å². The van der Waals surface area contributed by atoms with Crippen LogP contribution in [0.4, 0.5) is 0 Å². The van der Waals surface area contributed by atoms with Crippen molar-refractivity contribution in [2.75, 3.05) is 0 Å². The Balaban J connectivity index is 1.69. The maximum atomic E-state index is 12.7. The molecule has 0 unspecified atom stereocenters. The fourth-order valence-corrected chi connectivity index (χ4v) is 2.77. The Labute approximate surface area is 141 Å². The number of rotatable bonds is 3. The van der Waals surface area contributed by atoms with Gasteiger partial charge >= 0.3 is 0 Å². The van der Waals surface area contributed by atoms with Crippen molar-refractivity contribution in [3.8, 4) is 0 Å². The molecule has 0 saturated heterocycles. The normalized spacial score (nSPS) is 12.4. The molecule has 3 aromatic heterocycles. The number of pyridine rings is 1. The smallest absolute Gasteiger partial charge is 0.272 e. The molecule has 124 valence electrons. The van der Waals surface area contributed by atoms with Gasteiger partial charge in [-0.05, 0) is 25.1 Å². The Morgan fingerprint density at radius 1 is 1.12 bits per heavy atom. The number of carbonyl (C=O) groups excluding carboxylic acids is 1. The summed E-state index contributed by atoms with van der Waals surface area (Å²) in [5.41, 5.74) is 0.533. The Bertz CT molecular complexity index is 1150. The molecule has 1 amide bonds. The van der Waals surface area contributed by atoms with Gasteiger partial charge in [-0.25, -0.2) is 5.10 Å². The number of nitrogens with zero attached hydrogens (tertiary/aromatic N) is 4. The molecule has 8 heteroatoms. The number of H-pyrrole nitrogens is 1. The molecule has 0 saturated carbocycles. The summed E-state index contributed by atoms with van der Waals surface area (Å²) in [7, 11) is 0. The maximum absolute atomic E-state index is 12.7. The first-order valence-electron chi connectivity index (χ1n) is 7.73. The summed E-state index contributed by atoms with van der Waals surface area (Å²) in [5.74, 6) is 0.213. The Hall–Kier alpha value is -3.55. The van der Waals surface area contributed by atoms with Crippen LogP contribution in [-0.2, 0) is 0 Å². The summed E-state index contributed by atoms with van der Waals surface area (Å²) < 4.78 is 1.81. The molecular formula is C17H14N6O2. The van der Waals surface area contributed by atoms with E-state index in [9.17, 15) is 9.59 Å². The highest BCUT2D eigenvalue weighted by molar-refractivity contribution is 6.04. The summed E-state index contributed by atoms with van der Waals surface area (Å²) in [5, 5.41) is 18.3. The molecule has 3 heterocycles. The number of nitrogens with one attached hydrogen (secondary N) is 2. The van der Waals surface area contributed by atoms with E-state index >= 15 is 0 Å². The molecule has 4 rings (SSSR count). The zero-order chi connectivity index (χ0) is 17.4. The van der Waals surface area contributed by atoms with Gasteiger partial charge in [-0.2, -0.15) is 5.10 Å². The Morgan fingerprint density at radius 2 is 1.88 bits per heavy atom. The van der Waals surface area contributed by atoms with Gasteiger partial charge in [0, 0.05) is 11.6 Å². The van der Waals surface area contributed by atoms with Gasteiger partial charge in [-0.15, -0.1) is 10.2 Å². The summed E-state index contributed by atoms with van der Waals surface area (Å²) in [6.45, 7) is 1.81. The summed E-state index contributed by atoms with van der Waals surface area (Å²) in [6, 6.07) is 12.0. The van der Waals surface area contributed by atoms with E-state index in [1.54, 1.807) is 24.3 Å². The average molecular weight is 334 g/mol. The fourth-order valence-electron chi connectivity index (χ4n) is 2.77. The number of aromatic amines is 1. The van der Waals surface area contributed by atoms with Crippen LogP contribution in [0.1, 0.15) is 29.3 Å². The Kier molecular flexibility index (Phi) is 3.50. The maximum Gasteiger partial charge on any atom is 0.272 e. The highest BCUT2D eigenvalue weighted by Crippen LogP contribution is 2.15. The molecule has 8 nitrogen and oxygen atoms in total. The van der Waals surface area contributed by atoms with Gasteiger partial charge in [-0.3, -0.25) is 14.0 Å². The number of carbonyl (C=O) groups is 1. The van der Waals surface area contributed by atoms with E-state index < -0.39 is 11.9 Å². The van der Waals surface area contributed by atoms with Crippen molar-refractivity contribution in [1.29, 1.82) is 0 Å². The van der Waals surface area contributed by atoms with E-state index in [4.69, 9.17) is 0 Å². The quantitative estimate of drug-likeness (QED) is 0.590. The summed E-state index contributed by atoms with van der Waals surface area (Å²) in [6.07, 6.45) is 1.83. The number of amides is 1. The third kappa shape index (κ3) is 2.53. The van der Waals surface area contributed by atoms with Gasteiger partial charge < -0.3 is 5.32 Å². The van der Waals surface area contributed by atoms with Crippen molar-refractivity contribution in [2.24, 2.45) is 0 Å². The minimum absolute atomic E-state index is 0.163. The van der Waals surface area contributed by atoms with Crippen LogP contribution in [0.25, 0.3) is 16.4 Å². The minimum Gasteiger partial charge on any atom is -0.341 e. The van der Waals surface area contributed by atoms with Gasteiger partial charge in [0.25, 0.3) is 11.5 Å². The van der Waals surface area contributed by atoms with Gasteiger partial charge in [-0.1, -0.05) is 24.3 Å². The molecule has 0 aliphatic heterocycles. The van der Waals surface area contributed by atoms with Gasteiger partial charge in [0.1, 0.15) is 0 Å². The SMILES string of the molecule is C[C@H](NC(=O)c1n[nH]c(=O)c2ccccc12)c1nnc2ccccn12. The van der Waals surface area contributed by atoms with Gasteiger partial charge in [0.05, 0.1) is 11.4 Å². The number of hydrogen-bond acceptors (Lipinski definition) is 5. The van der Waals surface area contributed by atoms with Crippen LogP contribution in [-0.4, -0.2) is 30.7 Å². The Morgan fingerprint density at radius 3 is 2.72 bits per heavy atom. The molecule has 0 fully saturated rings.